The standard InChI is InChI=1S/C9H15N4O14P3/c10-7-4(8(11)16)12-2-13(7)9-6(15)5(14)3(24-9)1-23-28(18)26-30(21,22)27-29(19,20)25-17/h2-3,5-6,9,14-15H,1H2,(H6-,10,11,16,17,19,20,21,22)/p+1/t3-,5-,6-,9-/m1/s1. The molecule has 0 bridgehead atoms. The van der Waals surface area contributed by atoms with Crippen molar-refractivity contribution in [3.05, 3.63) is 12.0 Å². The average molecular weight is 497 g/mol. The summed E-state index contributed by atoms with van der Waals surface area (Å²) in [6.07, 6.45) is -4.99. The topological polar surface area (TPSA) is 285 Å². The summed E-state index contributed by atoms with van der Waals surface area (Å²) in [7, 11) is -14.4. The van der Waals surface area contributed by atoms with Gasteiger partial charge in [0.1, 0.15) is 30.7 Å². The van der Waals surface area contributed by atoms with Crippen molar-refractivity contribution in [2.45, 2.75) is 24.5 Å². The van der Waals surface area contributed by atoms with Gasteiger partial charge in [0.15, 0.2) is 11.9 Å². The molecule has 0 saturated carbocycles. The van der Waals surface area contributed by atoms with E-state index in [0.717, 1.165) is 10.9 Å². The van der Waals surface area contributed by atoms with Gasteiger partial charge in [-0.15, -0.1) is 9.20 Å². The highest BCUT2D eigenvalue weighted by atomic mass is 31.3. The maximum absolute atomic E-state index is 11.6. The molecule has 30 heavy (non-hydrogen) atoms. The Labute approximate surface area is 167 Å². The third-order valence-electron chi connectivity index (χ3n) is 3.50. The minimum absolute atomic E-state index is 0.271. The van der Waals surface area contributed by atoms with Gasteiger partial charge in [-0.2, -0.15) is 4.31 Å². The normalized spacial score (nSPS) is 28.6. The van der Waals surface area contributed by atoms with Gasteiger partial charge >= 0.3 is 23.9 Å². The molecule has 2 heterocycles. The summed E-state index contributed by atoms with van der Waals surface area (Å²) in [5, 5.41) is 28.2. The molecule has 3 unspecified atom stereocenters. The van der Waals surface area contributed by atoms with Crippen LogP contribution in [0, 0.1) is 0 Å². The highest BCUT2D eigenvalue weighted by molar-refractivity contribution is 7.64. The second kappa shape index (κ2) is 9.42. The summed E-state index contributed by atoms with van der Waals surface area (Å²) in [6, 6.07) is 0. The Kier molecular flexibility index (Phi) is 7.82. The molecular formula is C9H16N4O14P3+. The molecule has 0 aromatic carbocycles. The van der Waals surface area contributed by atoms with Gasteiger partial charge in [0, 0.05) is 4.57 Å². The van der Waals surface area contributed by atoms with Crippen LogP contribution >= 0.6 is 23.9 Å². The van der Waals surface area contributed by atoms with E-state index in [4.69, 9.17) is 31.2 Å². The minimum Gasteiger partial charge on any atom is -0.387 e. The molecule has 0 radical (unpaired) electrons. The van der Waals surface area contributed by atoms with Crippen molar-refractivity contribution >= 4 is 35.6 Å². The first kappa shape index (κ1) is 24.9. The fourth-order valence-corrected chi connectivity index (χ4v) is 4.94. The lowest BCUT2D eigenvalue weighted by molar-refractivity contribution is -0.157. The third kappa shape index (κ3) is 5.87. The molecular weight excluding hydrogens is 481 g/mol. The zero-order chi connectivity index (χ0) is 22.9. The smallest absolute Gasteiger partial charge is 0.387 e. The number of carbonyl (C=O) groups excluding carboxylic acids is 1. The molecule has 2 rings (SSSR count). The number of anilines is 1. The lowest BCUT2D eigenvalue weighted by Crippen LogP contribution is -2.33. The molecule has 1 aromatic heterocycles. The van der Waals surface area contributed by atoms with Gasteiger partial charge in [-0.3, -0.25) is 14.3 Å². The Bertz CT molecular complexity index is 907. The van der Waals surface area contributed by atoms with Crippen molar-refractivity contribution in [3.63, 3.8) is 0 Å². The number of carbonyl (C=O) groups is 1. The number of imidazole rings is 1. The Hall–Kier alpha value is -1.36. The maximum atomic E-state index is 11.6. The first-order chi connectivity index (χ1) is 13.8. The molecule has 1 aliphatic heterocycles. The second-order valence-corrected chi connectivity index (χ2v) is 9.55. The fourth-order valence-electron chi connectivity index (χ4n) is 2.26. The van der Waals surface area contributed by atoms with Crippen LogP contribution in [-0.4, -0.2) is 65.6 Å². The number of aromatic nitrogens is 2. The van der Waals surface area contributed by atoms with E-state index >= 15 is 0 Å². The van der Waals surface area contributed by atoms with Crippen molar-refractivity contribution in [1.29, 1.82) is 0 Å². The quantitative estimate of drug-likeness (QED) is 0.111. The van der Waals surface area contributed by atoms with E-state index in [9.17, 15) is 28.7 Å². The second-order valence-electron chi connectivity index (χ2n) is 5.50. The van der Waals surface area contributed by atoms with Crippen molar-refractivity contribution in [2.24, 2.45) is 5.73 Å². The predicted octanol–water partition coefficient (Wildman–Crippen LogP) is -1.42. The number of primary amides is 1. The van der Waals surface area contributed by atoms with Crippen LogP contribution in [0.3, 0.4) is 0 Å². The van der Waals surface area contributed by atoms with Crippen LogP contribution in [0.25, 0.3) is 0 Å². The van der Waals surface area contributed by atoms with Crippen LogP contribution in [0.15, 0.2) is 6.33 Å². The Morgan fingerprint density at radius 1 is 1.30 bits per heavy atom. The first-order valence-electron chi connectivity index (χ1n) is 7.41. The third-order valence-corrected chi connectivity index (χ3v) is 7.08. The molecule has 18 nitrogen and oxygen atoms in total. The molecule has 9 N–H and O–H groups in total. The van der Waals surface area contributed by atoms with Crippen LogP contribution in [0.4, 0.5) is 5.82 Å². The van der Waals surface area contributed by atoms with Crippen molar-refractivity contribution < 1.29 is 66.3 Å². The van der Waals surface area contributed by atoms with Gasteiger partial charge < -0.3 is 31.3 Å². The summed E-state index contributed by atoms with van der Waals surface area (Å²) in [5.41, 5.74) is 10.4. The number of nitrogens with zero attached hydrogens (tertiary/aromatic N) is 2. The minimum atomic E-state index is -5.48. The van der Waals surface area contributed by atoms with Crippen LogP contribution < -0.4 is 11.5 Å². The number of phosphoric acid groups is 2. The van der Waals surface area contributed by atoms with Gasteiger partial charge in [0.05, 0.1) is 6.33 Å². The summed E-state index contributed by atoms with van der Waals surface area (Å²) < 4.78 is 55.1. The highest BCUT2D eigenvalue weighted by Crippen LogP contribution is 2.63. The molecule has 21 heteroatoms. The SMILES string of the molecule is NC(=O)c1ncn([C@@H]2O[C@H](CO[P+](=O)OP(=O)(O)OP(=O)(O)OO)[C@@H](O)[C@H]2O)c1N. The van der Waals surface area contributed by atoms with E-state index in [-0.39, 0.29) is 11.5 Å². The molecule has 7 atom stereocenters. The molecule has 1 aliphatic rings. The van der Waals surface area contributed by atoms with Crippen LogP contribution in [-0.2, 0) is 36.3 Å². The van der Waals surface area contributed by atoms with E-state index in [1.54, 1.807) is 0 Å². The number of aliphatic hydroxyl groups excluding tert-OH is 2. The largest absolute Gasteiger partial charge is 0.708 e. The highest BCUT2D eigenvalue weighted by Gasteiger charge is 2.48. The lowest BCUT2D eigenvalue weighted by Gasteiger charge is -2.17. The summed E-state index contributed by atoms with van der Waals surface area (Å²) in [6.45, 7) is -0.783. The number of hydrogen-bond donors (Lipinski definition) is 7. The summed E-state index contributed by atoms with van der Waals surface area (Å²) in [4.78, 5) is 32.7. The number of hydrogen-bond acceptors (Lipinski definition) is 14. The summed E-state index contributed by atoms with van der Waals surface area (Å²) >= 11 is 0. The van der Waals surface area contributed by atoms with Gasteiger partial charge in [-0.25, -0.2) is 19.4 Å². The Morgan fingerprint density at radius 2 is 1.93 bits per heavy atom. The summed E-state index contributed by atoms with van der Waals surface area (Å²) in [5.74, 6) is -1.23. The van der Waals surface area contributed by atoms with Crippen LogP contribution in [0.1, 0.15) is 16.7 Å². The van der Waals surface area contributed by atoms with E-state index in [1.165, 1.54) is 0 Å². The molecule has 170 valence electrons. The zero-order valence-corrected chi connectivity index (χ0v) is 17.1. The number of nitrogen functional groups attached to an aromatic ring is 1. The Balaban J connectivity index is 1.98. The van der Waals surface area contributed by atoms with Gasteiger partial charge in [-0.1, -0.05) is 0 Å². The number of ether oxygens (including phenoxy) is 1. The number of nitrogens with two attached hydrogens (primary N) is 2. The zero-order valence-electron chi connectivity index (χ0n) is 14.4. The van der Waals surface area contributed by atoms with Gasteiger partial charge in [0.2, 0.25) is 0 Å². The molecule has 1 amide bonds. The molecule has 0 aliphatic carbocycles. The van der Waals surface area contributed by atoms with Gasteiger partial charge in [0.25, 0.3) is 5.91 Å². The molecule has 0 spiro atoms. The van der Waals surface area contributed by atoms with Crippen LogP contribution in [0.5, 0.6) is 0 Å². The first-order valence-corrected chi connectivity index (χ1v) is 11.5. The number of rotatable bonds is 10. The molecule has 1 fully saturated rings. The average Bonchev–Trinajstić information content (AvgIpc) is 3.13. The number of amides is 1. The van der Waals surface area contributed by atoms with Gasteiger partial charge in [-0.05, 0) is 4.31 Å². The van der Waals surface area contributed by atoms with Crippen molar-refractivity contribution in [3.8, 4) is 0 Å². The van der Waals surface area contributed by atoms with E-state index in [1.807, 2.05) is 0 Å². The van der Waals surface area contributed by atoms with E-state index < -0.39 is 61.0 Å². The van der Waals surface area contributed by atoms with Crippen molar-refractivity contribution in [1.82, 2.24) is 9.55 Å². The Morgan fingerprint density at radius 3 is 2.47 bits per heavy atom. The monoisotopic (exact) mass is 497 g/mol. The maximum Gasteiger partial charge on any atom is 0.708 e. The number of aliphatic hydroxyl groups is 2. The van der Waals surface area contributed by atoms with E-state index in [2.05, 4.69) is 22.8 Å². The lowest BCUT2D eigenvalue weighted by atomic mass is 10.1. The van der Waals surface area contributed by atoms with Crippen LogP contribution in [0.2, 0.25) is 0 Å². The molecule has 1 saturated heterocycles. The van der Waals surface area contributed by atoms with Crippen molar-refractivity contribution in [2.75, 3.05) is 12.3 Å². The fraction of sp³-hybridized carbons (Fsp3) is 0.556. The van der Waals surface area contributed by atoms with E-state index in [0.29, 0.717) is 0 Å². The predicted molar refractivity (Wildman–Crippen MR) is 90.2 cm³/mol. The molecule has 1 aromatic rings.